The number of rotatable bonds is 3. The van der Waals surface area contributed by atoms with Gasteiger partial charge in [0.1, 0.15) is 10.8 Å². The Bertz CT molecular complexity index is 683. The third-order valence-electron chi connectivity index (χ3n) is 3.04. The van der Waals surface area contributed by atoms with Crippen LogP contribution in [0.4, 0.5) is 11.5 Å². The summed E-state index contributed by atoms with van der Waals surface area (Å²) >= 11 is 8.72. The van der Waals surface area contributed by atoms with E-state index in [9.17, 15) is 0 Å². The third-order valence-corrected chi connectivity index (χ3v) is 4.29. The lowest BCUT2D eigenvalue weighted by Crippen LogP contribution is -2.15. The van der Waals surface area contributed by atoms with Crippen molar-refractivity contribution in [2.75, 3.05) is 5.32 Å². The van der Waals surface area contributed by atoms with Crippen molar-refractivity contribution in [2.45, 2.75) is 20.8 Å². The molecule has 5 heteroatoms. The lowest BCUT2D eigenvalue weighted by molar-refractivity contribution is 1.16. The van der Waals surface area contributed by atoms with E-state index in [1.165, 1.54) is 0 Å². The molecule has 0 aliphatic heterocycles. The van der Waals surface area contributed by atoms with Crippen molar-refractivity contribution < 1.29 is 0 Å². The minimum absolute atomic E-state index is 0.348. The zero-order chi connectivity index (χ0) is 14.9. The second-order valence-corrected chi connectivity index (χ2v) is 5.96. The van der Waals surface area contributed by atoms with Crippen molar-refractivity contribution in [1.29, 1.82) is 0 Å². The lowest BCUT2D eigenvalue weighted by Gasteiger charge is -2.15. The molecule has 0 atom stereocenters. The zero-order valence-corrected chi connectivity index (χ0v) is 14.0. The fourth-order valence-corrected chi connectivity index (χ4v) is 2.73. The van der Waals surface area contributed by atoms with Crippen molar-refractivity contribution >= 4 is 44.6 Å². The van der Waals surface area contributed by atoms with Crippen molar-refractivity contribution in [1.82, 2.24) is 4.98 Å². The van der Waals surface area contributed by atoms with E-state index in [-0.39, 0.29) is 0 Å². The van der Waals surface area contributed by atoms with Crippen LogP contribution in [0.1, 0.15) is 22.4 Å². The Balaban J connectivity index is 2.53. The predicted octanol–water partition coefficient (Wildman–Crippen LogP) is 4.15. The maximum Gasteiger partial charge on any atom is 0.141 e. The molecule has 1 heterocycles. The number of hydrogen-bond acceptors (Lipinski definition) is 3. The van der Waals surface area contributed by atoms with Crippen molar-refractivity contribution in [3.05, 3.63) is 51.1 Å². The summed E-state index contributed by atoms with van der Waals surface area (Å²) in [6, 6.07) is 7.99. The quantitative estimate of drug-likeness (QED) is 0.817. The van der Waals surface area contributed by atoms with Crippen LogP contribution < -0.4 is 11.1 Å². The number of benzene rings is 1. The van der Waals surface area contributed by atoms with Crippen LogP contribution >= 0.6 is 28.1 Å². The average molecular weight is 350 g/mol. The first kappa shape index (κ1) is 14.9. The van der Waals surface area contributed by atoms with Crippen LogP contribution in [0.2, 0.25) is 0 Å². The summed E-state index contributed by atoms with van der Waals surface area (Å²) in [5.74, 6) is 0.696. The lowest BCUT2D eigenvalue weighted by atomic mass is 10.1. The van der Waals surface area contributed by atoms with E-state index in [0.29, 0.717) is 10.8 Å². The predicted molar refractivity (Wildman–Crippen MR) is 91.8 cm³/mol. The smallest absolute Gasteiger partial charge is 0.141 e. The first-order valence-corrected chi connectivity index (χ1v) is 7.40. The van der Waals surface area contributed by atoms with Gasteiger partial charge in [0, 0.05) is 10.2 Å². The summed E-state index contributed by atoms with van der Waals surface area (Å²) in [6.45, 7) is 5.98. The first-order chi connectivity index (χ1) is 9.40. The number of aromatic nitrogens is 1. The molecular weight excluding hydrogens is 334 g/mol. The van der Waals surface area contributed by atoms with Gasteiger partial charge in [0.2, 0.25) is 0 Å². The molecule has 0 saturated carbocycles. The van der Waals surface area contributed by atoms with Gasteiger partial charge in [-0.05, 0) is 60.0 Å². The van der Waals surface area contributed by atoms with Gasteiger partial charge in [-0.2, -0.15) is 0 Å². The minimum Gasteiger partial charge on any atom is -0.389 e. The molecule has 2 aromatic rings. The van der Waals surface area contributed by atoms with Gasteiger partial charge in [0.05, 0.1) is 11.3 Å². The Morgan fingerprint density at radius 1 is 1.25 bits per heavy atom. The normalized spacial score (nSPS) is 10.4. The number of aryl methyl sites for hydroxylation is 3. The van der Waals surface area contributed by atoms with Gasteiger partial charge in [-0.15, -0.1) is 0 Å². The first-order valence-electron chi connectivity index (χ1n) is 6.20. The van der Waals surface area contributed by atoms with Gasteiger partial charge in [-0.25, -0.2) is 4.98 Å². The van der Waals surface area contributed by atoms with Crippen LogP contribution in [0, 0.1) is 20.8 Å². The van der Waals surface area contributed by atoms with E-state index < -0.39 is 0 Å². The molecule has 2 rings (SSSR count). The van der Waals surface area contributed by atoms with Gasteiger partial charge in [-0.3, -0.25) is 0 Å². The van der Waals surface area contributed by atoms with Crippen molar-refractivity contribution in [3.8, 4) is 0 Å². The van der Waals surface area contributed by atoms with Gasteiger partial charge < -0.3 is 11.1 Å². The van der Waals surface area contributed by atoms with Gasteiger partial charge in [0.15, 0.2) is 0 Å². The number of hydrogen-bond donors (Lipinski definition) is 2. The Hall–Kier alpha value is -1.46. The van der Waals surface area contributed by atoms with Crippen LogP contribution in [0.15, 0.2) is 28.7 Å². The minimum atomic E-state index is 0.348. The molecule has 1 aromatic carbocycles. The topological polar surface area (TPSA) is 50.9 Å². The molecule has 0 fully saturated rings. The molecule has 0 aliphatic rings. The summed E-state index contributed by atoms with van der Waals surface area (Å²) in [4.78, 5) is 4.87. The fourth-order valence-electron chi connectivity index (χ4n) is 2.11. The SMILES string of the molecule is Cc1cc(C)c(C(N)=S)c(Nc2cccc(C)c2Br)n1. The van der Waals surface area contributed by atoms with E-state index in [1.54, 1.807) is 0 Å². The maximum atomic E-state index is 5.83. The van der Waals surface area contributed by atoms with Gasteiger partial charge >= 0.3 is 0 Å². The second-order valence-electron chi connectivity index (χ2n) is 4.73. The standard InChI is InChI=1S/C15H16BrN3S/c1-8-5-4-6-11(13(8)16)19-15-12(14(17)20)9(2)7-10(3)18-15/h4-7H,1-3H3,(H2,17,20)(H,18,19). The molecule has 3 nitrogen and oxygen atoms in total. The molecule has 0 bridgehead atoms. The number of anilines is 2. The highest BCUT2D eigenvalue weighted by Gasteiger charge is 2.13. The Kier molecular flexibility index (Phi) is 4.40. The molecule has 3 N–H and O–H groups in total. The Morgan fingerprint density at radius 3 is 2.60 bits per heavy atom. The summed E-state index contributed by atoms with van der Waals surface area (Å²) in [6.07, 6.45) is 0. The summed E-state index contributed by atoms with van der Waals surface area (Å²) in [5.41, 5.74) is 10.7. The fraction of sp³-hybridized carbons (Fsp3) is 0.200. The molecule has 1 aromatic heterocycles. The number of nitrogens with one attached hydrogen (secondary N) is 1. The van der Waals surface area contributed by atoms with E-state index in [2.05, 4.69) is 26.2 Å². The average Bonchev–Trinajstić information content (AvgIpc) is 2.33. The number of pyridine rings is 1. The van der Waals surface area contributed by atoms with E-state index in [1.807, 2.05) is 45.0 Å². The van der Waals surface area contributed by atoms with Gasteiger partial charge in [-0.1, -0.05) is 24.4 Å². The van der Waals surface area contributed by atoms with Crippen LogP contribution in [-0.4, -0.2) is 9.97 Å². The number of thiocarbonyl (C=S) groups is 1. The van der Waals surface area contributed by atoms with E-state index in [0.717, 1.165) is 32.5 Å². The number of nitrogens with two attached hydrogens (primary N) is 1. The molecule has 0 aliphatic carbocycles. The molecule has 0 saturated heterocycles. The van der Waals surface area contributed by atoms with E-state index in [4.69, 9.17) is 18.0 Å². The molecule has 104 valence electrons. The van der Waals surface area contributed by atoms with Crippen molar-refractivity contribution in [3.63, 3.8) is 0 Å². The third kappa shape index (κ3) is 2.99. The molecule has 0 unspecified atom stereocenters. The highest BCUT2D eigenvalue weighted by molar-refractivity contribution is 9.10. The zero-order valence-electron chi connectivity index (χ0n) is 11.6. The summed E-state index contributed by atoms with van der Waals surface area (Å²) in [7, 11) is 0. The summed E-state index contributed by atoms with van der Waals surface area (Å²) < 4.78 is 1.01. The highest BCUT2D eigenvalue weighted by atomic mass is 79.9. The monoisotopic (exact) mass is 349 g/mol. The maximum absolute atomic E-state index is 5.83. The number of halogens is 1. The largest absolute Gasteiger partial charge is 0.389 e. The van der Waals surface area contributed by atoms with E-state index >= 15 is 0 Å². The van der Waals surface area contributed by atoms with Crippen LogP contribution in [0.25, 0.3) is 0 Å². The molecule has 0 radical (unpaired) electrons. The van der Waals surface area contributed by atoms with Gasteiger partial charge in [0.25, 0.3) is 0 Å². The molecule has 0 spiro atoms. The summed E-state index contributed by atoms with van der Waals surface area (Å²) in [5, 5.41) is 3.32. The molecule has 0 amide bonds. The molecular formula is C15H16BrN3S. The highest BCUT2D eigenvalue weighted by Crippen LogP contribution is 2.30. The van der Waals surface area contributed by atoms with Crippen LogP contribution in [-0.2, 0) is 0 Å². The van der Waals surface area contributed by atoms with Crippen molar-refractivity contribution in [2.24, 2.45) is 5.73 Å². The Labute approximate surface area is 132 Å². The van der Waals surface area contributed by atoms with Crippen LogP contribution in [0.5, 0.6) is 0 Å². The number of nitrogens with zero attached hydrogens (tertiary/aromatic N) is 1. The Morgan fingerprint density at radius 2 is 1.95 bits per heavy atom. The van der Waals surface area contributed by atoms with Crippen LogP contribution in [0.3, 0.4) is 0 Å². The second kappa shape index (κ2) is 5.89. The molecule has 20 heavy (non-hydrogen) atoms.